The molecule has 1 unspecified atom stereocenters. The maximum Gasteiger partial charge on any atom is 0.270 e. The lowest BCUT2D eigenvalue weighted by Crippen LogP contribution is -2.35. The standard InChI is InChI=1S/C13H13BrN4O3/c1-9(7-17-5-4-15-8-17)16-13(19)11-6-10(18(20)21)2-3-12(11)14/h2-6,8-9H,7H2,1H3,(H,16,19). The number of nitrogens with zero attached hydrogens (tertiary/aromatic N) is 3. The Balaban J connectivity index is 2.09. The summed E-state index contributed by atoms with van der Waals surface area (Å²) in [6.07, 6.45) is 5.11. The van der Waals surface area contributed by atoms with Crippen molar-refractivity contribution in [2.75, 3.05) is 0 Å². The zero-order valence-electron chi connectivity index (χ0n) is 11.2. The summed E-state index contributed by atoms with van der Waals surface area (Å²) in [5, 5.41) is 13.6. The summed E-state index contributed by atoms with van der Waals surface area (Å²) in [5.74, 6) is -0.363. The molecule has 0 saturated carbocycles. The van der Waals surface area contributed by atoms with E-state index in [0.717, 1.165) is 0 Å². The second-order valence-corrected chi connectivity index (χ2v) is 5.41. The van der Waals surface area contributed by atoms with E-state index in [4.69, 9.17) is 0 Å². The van der Waals surface area contributed by atoms with Crippen molar-refractivity contribution >= 4 is 27.5 Å². The molecule has 8 heteroatoms. The second kappa shape index (κ2) is 6.49. The van der Waals surface area contributed by atoms with Crippen LogP contribution in [0.1, 0.15) is 17.3 Å². The molecule has 2 aromatic rings. The number of non-ortho nitro benzene ring substituents is 1. The highest BCUT2D eigenvalue weighted by Gasteiger charge is 2.17. The molecule has 0 bridgehead atoms. The molecular formula is C13H13BrN4O3. The summed E-state index contributed by atoms with van der Waals surface area (Å²) in [7, 11) is 0. The second-order valence-electron chi connectivity index (χ2n) is 4.56. The normalized spacial score (nSPS) is 11.9. The van der Waals surface area contributed by atoms with Crippen molar-refractivity contribution < 1.29 is 9.72 Å². The number of hydrogen-bond donors (Lipinski definition) is 1. The van der Waals surface area contributed by atoms with Crippen LogP contribution in [0.25, 0.3) is 0 Å². The molecule has 7 nitrogen and oxygen atoms in total. The van der Waals surface area contributed by atoms with E-state index in [1.54, 1.807) is 18.7 Å². The Bertz CT molecular complexity index is 657. The van der Waals surface area contributed by atoms with Crippen LogP contribution >= 0.6 is 15.9 Å². The van der Waals surface area contributed by atoms with Crippen molar-refractivity contribution in [1.82, 2.24) is 14.9 Å². The molecule has 0 aliphatic heterocycles. The van der Waals surface area contributed by atoms with Crippen molar-refractivity contribution in [1.29, 1.82) is 0 Å². The molecule has 0 spiro atoms. The van der Waals surface area contributed by atoms with Gasteiger partial charge in [0.1, 0.15) is 0 Å². The summed E-state index contributed by atoms with van der Waals surface area (Å²) >= 11 is 3.23. The zero-order valence-corrected chi connectivity index (χ0v) is 12.8. The lowest BCUT2D eigenvalue weighted by Gasteiger charge is -2.15. The molecule has 110 valence electrons. The number of amides is 1. The van der Waals surface area contributed by atoms with Gasteiger partial charge in [0.2, 0.25) is 0 Å². The molecule has 1 N–H and O–H groups in total. The van der Waals surface area contributed by atoms with E-state index in [-0.39, 0.29) is 23.2 Å². The fourth-order valence-electron chi connectivity index (χ4n) is 1.86. The highest BCUT2D eigenvalue weighted by atomic mass is 79.9. The van der Waals surface area contributed by atoms with Gasteiger partial charge in [-0.05, 0) is 28.9 Å². The Kier molecular flexibility index (Phi) is 4.69. The molecule has 1 aromatic heterocycles. The molecular weight excluding hydrogens is 340 g/mol. The van der Waals surface area contributed by atoms with Crippen molar-refractivity contribution in [3.05, 3.63) is 57.1 Å². The van der Waals surface area contributed by atoms with Gasteiger partial charge >= 0.3 is 0 Å². The number of imidazole rings is 1. The first-order chi connectivity index (χ1) is 9.97. The third-order valence-corrected chi connectivity index (χ3v) is 3.52. The van der Waals surface area contributed by atoms with Crippen molar-refractivity contribution in [3.63, 3.8) is 0 Å². The summed E-state index contributed by atoms with van der Waals surface area (Å²) in [4.78, 5) is 26.4. The van der Waals surface area contributed by atoms with Crippen LogP contribution in [0.15, 0.2) is 41.4 Å². The minimum absolute atomic E-state index is 0.120. The maximum absolute atomic E-state index is 12.2. The van der Waals surface area contributed by atoms with E-state index in [1.807, 2.05) is 11.5 Å². The summed E-state index contributed by atoms with van der Waals surface area (Å²) in [6, 6.07) is 3.95. The van der Waals surface area contributed by atoms with Gasteiger partial charge in [-0.1, -0.05) is 0 Å². The maximum atomic E-state index is 12.2. The SMILES string of the molecule is CC(Cn1ccnc1)NC(=O)c1cc([N+](=O)[O-])ccc1Br. The first-order valence-corrected chi connectivity index (χ1v) is 6.97. The van der Waals surface area contributed by atoms with Crippen LogP contribution in [0, 0.1) is 10.1 Å². The van der Waals surface area contributed by atoms with Gasteiger partial charge < -0.3 is 9.88 Å². The highest BCUT2D eigenvalue weighted by Crippen LogP contribution is 2.22. The van der Waals surface area contributed by atoms with Gasteiger partial charge in [0.25, 0.3) is 11.6 Å². The molecule has 1 amide bonds. The fourth-order valence-corrected chi connectivity index (χ4v) is 2.29. The summed E-state index contributed by atoms with van der Waals surface area (Å²) < 4.78 is 2.35. The number of hydrogen-bond acceptors (Lipinski definition) is 4. The molecule has 0 radical (unpaired) electrons. The fraction of sp³-hybridized carbons (Fsp3) is 0.231. The average Bonchev–Trinajstić information content (AvgIpc) is 2.91. The Morgan fingerprint density at radius 3 is 2.95 bits per heavy atom. The van der Waals surface area contributed by atoms with Crippen molar-refractivity contribution in [2.45, 2.75) is 19.5 Å². The minimum atomic E-state index is -0.530. The number of aromatic nitrogens is 2. The third kappa shape index (κ3) is 3.88. The van der Waals surface area contributed by atoms with E-state index in [0.29, 0.717) is 11.0 Å². The summed E-state index contributed by atoms with van der Waals surface area (Å²) in [6.45, 7) is 2.42. The predicted octanol–water partition coefficient (Wildman–Crippen LogP) is 2.37. The quantitative estimate of drug-likeness (QED) is 0.660. The molecule has 0 aliphatic rings. The molecule has 0 fully saturated rings. The Morgan fingerprint density at radius 2 is 2.33 bits per heavy atom. The number of nitrogens with one attached hydrogen (secondary N) is 1. The van der Waals surface area contributed by atoms with Crippen LogP contribution in [0.2, 0.25) is 0 Å². The summed E-state index contributed by atoms with van der Waals surface area (Å²) in [5.41, 5.74) is 0.118. The first kappa shape index (κ1) is 15.2. The predicted molar refractivity (Wildman–Crippen MR) is 80.0 cm³/mol. The number of benzene rings is 1. The van der Waals surface area contributed by atoms with E-state index in [2.05, 4.69) is 26.2 Å². The molecule has 21 heavy (non-hydrogen) atoms. The van der Waals surface area contributed by atoms with E-state index < -0.39 is 4.92 Å². The number of nitro groups is 1. The number of halogens is 1. The lowest BCUT2D eigenvalue weighted by molar-refractivity contribution is -0.384. The van der Waals surface area contributed by atoms with Crippen molar-refractivity contribution in [2.24, 2.45) is 0 Å². The van der Waals surface area contributed by atoms with Crippen LogP contribution in [-0.2, 0) is 6.54 Å². The van der Waals surface area contributed by atoms with Gasteiger partial charge in [-0.25, -0.2) is 4.98 Å². The Hall–Kier alpha value is -2.22. The molecule has 0 saturated heterocycles. The largest absolute Gasteiger partial charge is 0.348 e. The molecule has 1 aromatic carbocycles. The Morgan fingerprint density at radius 1 is 1.57 bits per heavy atom. The number of carbonyl (C=O) groups is 1. The van der Waals surface area contributed by atoms with Crippen LogP contribution in [0.4, 0.5) is 5.69 Å². The number of rotatable bonds is 5. The number of carbonyl (C=O) groups excluding carboxylic acids is 1. The van der Waals surface area contributed by atoms with Crippen LogP contribution < -0.4 is 5.32 Å². The zero-order chi connectivity index (χ0) is 15.4. The molecule has 2 rings (SSSR count). The van der Waals surface area contributed by atoms with Gasteiger partial charge in [-0.2, -0.15) is 0 Å². The monoisotopic (exact) mass is 352 g/mol. The van der Waals surface area contributed by atoms with Gasteiger partial charge in [-0.15, -0.1) is 0 Å². The van der Waals surface area contributed by atoms with Crippen LogP contribution in [-0.4, -0.2) is 26.4 Å². The average molecular weight is 353 g/mol. The van der Waals surface area contributed by atoms with Gasteiger partial charge in [0.05, 0.1) is 16.8 Å². The van der Waals surface area contributed by atoms with E-state index in [1.165, 1.54) is 18.2 Å². The smallest absolute Gasteiger partial charge is 0.270 e. The minimum Gasteiger partial charge on any atom is -0.348 e. The first-order valence-electron chi connectivity index (χ1n) is 6.18. The highest BCUT2D eigenvalue weighted by molar-refractivity contribution is 9.10. The van der Waals surface area contributed by atoms with Gasteiger partial charge in [-0.3, -0.25) is 14.9 Å². The van der Waals surface area contributed by atoms with Crippen LogP contribution in [0.3, 0.4) is 0 Å². The van der Waals surface area contributed by atoms with E-state index >= 15 is 0 Å². The van der Waals surface area contributed by atoms with Gasteiger partial charge in [0.15, 0.2) is 0 Å². The molecule has 1 atom stereocenters. The molecule has 0 aliphatic carbocycles. The van der Waals surface area contributed by atoms with Crippen molar-refractivity contribution in [3.8, 4) is 0 Å². The third-order valence-electron chi connectivity index (χ3n) is 2.83. The lowest BCUT2D eigenvalue weighted by atomic mass is 10.1. The Labute approximate surface area is 129 Å². The van der Waals surface area contributed by atoms with Gasteiger partial charge in [0, 0.05) is 41.6 Å². The molecule has 1 heterocycles. The van der Waals surface area contributed by atoms with Crippen LogP contribution in [0.5, 0.6) is 0 Å². The topological polar surface area (TPSA) is 90.1 Å². The van der Waals surface area contributed by atoms with E-state index in [9.17, 15) is 14.9 Å². The number of nitro benzene ring substituents is 1.